The Morgan fingerprint density at radius 2 is 1.60 bits per heavy atom. The lowest BCUT2D eigenvalue weighted by Crippen LogP contribution is -2.45. The normalized spacial score (nSPS) is 15.4. The molecule has 2 unspecified atom stereocenters. The van der Waals surface area contributed by atoms with Crippen LogP contribution in [0, 0.1) is 0 Å². The van der Waals surface area contributed by atoms with Gasteiger partial charge < -0.3 is 25.2 Å². The maximum absolute atomic E-state index is 12.9. The van der Waals surface area contributed by atoms with Crippen LogP contribution in [0.2, 0.25) is 5.02 Å². The fourth-order valence-electron chi connectivity index (χ4n) is 5.57. The average molecular weight is 677 g/mol. The Bertz CT molecular complexity index is 1460. The highest BCUT2D eigenvalue weighted by Crippen LogP contribution is 2.48. The molecule has 1 fully saturated rings. The average Bonchev–Trinajstić information content (AvgIpc) is 3.77. The van der Waals surface area contributed by atoms with Crippen molar-refractivity contribution in [2.45, 2.75) is 89.0 Å². The van der Waals surface area contributed by atoms with Crippen molar-refractivity contribution in [1.29, 1.82) is 0 Å². The van der Waals surface area contributed by atoms with Crippen molar-refractivity contribution in [2.75, 3.05) is 38.4 Å². The molecule has 3 aromatic rings. The molecule has 1 saturated carbocycles. The zero-order valence-electron chi connectivity index (χ0n) is 27.8. The molecule has 9 nitrogen and oxygen atoms in total. The van der Waals surface area contributed by atoms with Gasteiger partial charge in [0.1, 0.15) is 0 Å². The van der Waals surface area contributed by atoms with Crippen LogP contribution in [-0.2, 0) is 5.54 Å². The molecule has 0 aliphatic heterocycles. The molecule has 3 N–H and O–H groups in total. The number of nitrogens with one attached hydrogen (secondary N) is 3. The van der Waals surface area contributed by atoms with E-state index in [-0.39, 0.29) is 23.8 Å². The second-order valence-electron chi connectivity index (χ2n) is 13.3. The Hall–Kier alpha value is -3.64. The van der Waals surface area contributed by atoms with Crippen molar-refractivity contribution in [3.63, 3.8) is 0 Å². The molecule has 47 heavy (non-hydrogen) atoms. The smallest absolute Gasteiger partial charge is 0.422 e. The highest BCUT2D eigenvalue weighted by Gasteiger charge is 2.45. The largest absolute Gasteiger partial charge is 0.454 e. The number of alkyl halides is 3. The van der Waals surface area contributed by atoms with Crippen LogP contribution in [0.25, 0.3) is 0 Å². The minimum atomic E-state index is -4.56. The Balaban J connectivity index is 1.36. The van der Waals surface area contributed by atoms with Crippen LogP contribution in [0.3, 0.4) is 0 Å². The van der Waals surface area contributed by atoms with Crippen LogP contribution in [0.4, 0.5) is 30.8 Å². The number of hydrogen-bond acceptors (Lipinski definition) is 7. The molecule has 0 bridgehead atoms. The van der Waals surface area contributed by atoms with Gasteiger partial charge in [0.25, 0.3) is 5.91 Å². The van der Waals surface area contributed by atoms with Gasteiger partial charge in [0, 0.05) is 22.3 Å². The lowest BCUT2D eigenvalue weighted by molar-refractivity contribution is -0.896. The Morgan fingerprint density at radius 1 is 0.957 bits per heavy atom. The predicted octanol–water partition coefficient (Wildman–Crippen LogP) is 7.86. The predicted molar refractivity (Wildman–Crippen MR) is 179 cm³/mol. The summed E-state index contributed by atoms with van der Waals surface area (Å²) < 4.78 is 44.6. The summed E-state index contributed by atoms with van der Waals surface area (Å²) in [6.07, 6.45) is 3.62. The molecular weight excluding hydrogens is 631 g/mol. The zero-order chi connectivity index (χ0) is 34.2. The van der Waals surface area contributed by atoms with Gasteiger partial charge in [-0.05, 0) is 87.4 Å². The van der Waals surface area contributed by atoms with Crippen molar-refractivity contribution >= 4 is 35.1 Å². The molecule has 1 amide bonds. The highest BCUT2D eigenvalue weighted by molar-refractivity contribution is 6.30. The molecule has 0 spiro atoms. The number of hydrogen-bond donors (Lipinski definition) is 3. The molecule has 0 radical (unpaired) electrons. The summed E-state index contributed by atoms with van der Waals surface area (Å²) in [6.45, 7) is 2.70. The minimum absolute atomic E-state index is 0.0103. The first-order valence-corrected chi connectivity index (χ1v) is 16.5. The van der Waals surface area contributed by atoms with E-state index in [9.17, 15) is 18.0 Å². The van der Waals surface area contributed by atoms with E-state index in [0.29, 0.717) is 22.3 Å². The van der Waals surface area contributed by atoms with Gasteiger partial charge in [-0.1, -0.05) is 43.5 Å². The third kappa shape index (κ3) is 11.2. The monoisotopic (exact) mass is 676 g/mol. The molecule has 2 atom stereocenters. The molecule has 2 aromatic carbocycles. The number of unbranched alkanes of at least 4 members (excludes halogenated alkanes) is 1. The van der Waals surface area contributed by atoms with Crippen molar-refractivity contribution in [3.8, 4) is 6.01 Å². The molecule has 13 heteroatoms. The second kappa shape index (κ2) is 15.5. The van der Waals surface area contributed by atoms with Crippen LogP contribution in [-0.4, -0.2) is 71.4 Å². The van der Waals surface area contributed by atoms with E-state index < -0.39 is 24.3 Å². The van der Waals surface area contributed by atoms with Gasteiger partial charge in [-0.2, -0.15) is 28.1 Å². The fraction of sp³-hybridized carbons (Fsp3) is 0.529. The van der Waals surface area contributed by atoms with Crippen LogP contribution in [0.1, 0.15) is 81.1 Å². The first-order chi connectivity index (χ1) is 22.2. The first kappa shape index (κ1) is 36.2. The van der Waals surface area contributed by atoms with Crippen molar-refractivity contribution < 1.29 is 27.2 Å². The van der Waals surface area contributed by atoms with Gasteiger partial charge in [0.2, 0.25) is 11.9 Å². The number of nitrogens with zero attached hydrogens (tertiary/aromatic N) is 4. The molecule has 1 aromatic heterocycles. The fourth-order valence-corrected chi connectivity index (χ4v) is 5.69. The molecule has 1 aliphatic rings. The maximum Gasteiger partial charge on any atom is 0.422 e. The summed E-state index contributed by atoms with van der Waals surface area (Å²) in [4.78, 5) is 25.4. The van der Waals surface area contributed by atoms with Crippen LogP contribution < -0.4 is 20.7 Å². The van der Waals surface area contributed by atoms with Gasteiger partial charge in [-0.3, -0.25) is 4.79 Å². The molecule has 1 heterocycles. The molecule has 0 saturated heterocycles. The Morgan fingerprint density at radius 3 is 2.19 bits per heavy atom. The SMILES string of the molecule is CCCC(CCCCC(C)NC(=O)c1ccc(Nc2nc(NC3(c4ccc(Cl)cc4)CC3)nc(OCC(F)(F)F)n2)cc1)[N+](C)(C)C. The van der Waals surface area contributed by atoms with Crippen LogP contribution >= 0.6 is 11.6 Å². The second-order valence-corrected chi connectivity index (χ2v) is 13.7. The number of ether oxygens (including phenoxy) is 1. The van der Waals surface area contributed by atoms with Gasteiger partial charge in [0.05, 0.1) is 32.7 Å². The van der Waals surface area contributed by atoms with Gasteiger partial charge in [-0.15, -0.1) is 0 Å². The van der Waals surface area contributed by atoms with Crippen molar-refractivity contribution in [2.24, 2.45) is 0 Å². The van der Waals surface area contributed by atoms with E-state index in [1.807, 2.05) is 19.1 Å². The zero-order valence-corrected chi connectivity index (χ0v) is 28.5. The molecule has 256 valence electrons. The highest BCUT2D eigenvalue weighted by atomic mass is 35.5. The van der Waals surface area contributed by atoms with Crippen molar-refractivity contribution in [3.05, 3.63) is 64.7 Å². The van der Waals surface area contributed by atoms with E-state index in [1.165, 1.54) is 19.3 Å². The minimum Gasteiger partial charge on any atom is -0.454 e. The van der Waals surface area contributed by atoms with Gasteiger partial charge in [-0.25, -0.2) is 0 Å². The Kier molecular flexibility index (Phi) is 11.9. The third-order valence-electron chi connectivity index (χ3n) is 8.40. The number of aromatic nitrogens is 3. The molecule has 4 rings (SSSR count). The summed E-state index contributed by atoms with van der Waals surface area (Å²) in [6, 6.07) is 14.2. The van der Waals surface area contributed by atoms with E-state index in [4.69, 9.17) is 16.3 Å². The topological polar surface area (TPSA) is 101 Å². The van der Waals surface area contributed by atoms with Crippen LogP contribution in [0.15, 0.2) is 48.5 Å². The number of anilines is 3. The number of carbonyl (C=O) groups is 1. The number of quaternary nitrogens is 1. The first-order valence-electron chi connectivity index (χ1n) is 16.1. The quantitative estimate of drug-likeness (QED) is 0.0988. The summed E-state index contributed by atoms with van der Waals surface area (Å²) in [5, 5.41) is 9.91. The van der Waals surface area contributed by atoms with E-state index in [1.54, 1.807) is 36.4 Å². The standard InChI is InChI=1S/C34H45ClF3N7O2/c1-6-9-28(45(3,4)5)11-8-7-10-23(2)39-29(46)24-12-18-27(19-13-24)40-30-41-31(43-32(42-30)47-22-34(36,37)38)44-33(20-21-33)25-14-16-26(35)17-15-25/h12-19,23,28H,6-11,20-22H2,1-5H3,(H2-,39,40,41,42,43,44,46)/p+1. The lowest BCUT2D eigenvalue weighted by Gasteiger charge is -2.34. The van der Waals surface area contributed by atoms with E-state index in [2.05, 4.69) is 59.0 Å². The summed E-state index contributed by atoms with van der Waals surface area (Å²) in [5.41, 5.74) is 1.51. The summed E-state index contributed by atoms with van der Waals surface area (Å²) >= 11 is 6.04. The number of amides is 1. The molecule has 1 aliphatic carbocycles. The number of carbonyl (C=O) groups excluding carboxylic acids is 1. The van der Waals surface area contributed by atoms with Crippen LogP contribution in [0.5, 0.6) is 6.01 Å². The summed E-state index contributed by atoms with van der Waals surface area (Å²) in [7, 11) is 6.75. The molecular formula is C34H46ClF3N7O2+. The maximum atomic E-state index is 12.9. The summed E-state index contributed by atoms with van der Waals surface area (Å²) in [5.74, 6) is -0.120. The van der Waals surface area contributed by atoms with Crippen molar-refractivity contribution in [1.82, 2.24) is 20.3 Å². The lowest BCUT2D eigenvalue weighted by atomic mass is 10.00. The van der Waals surface area contributed by atoms with E-state index in [0.717, 1.165) is 42.2 Å². The number of halogens is 4. The third-order valence-corrected chi connectivity index (χ3v) is 8.65. The van der Waals surface area contributed by atoms with Gasteiger partial charge >= 0.3 is 12.2 Å². The van der Waals surface area contributed by atoms with E-state index >= 15 is 0 Å². The Labute approximate surface area is 280 Å². The van der Waals surface area contributed by atoms with Gasteiger partial charge in [0.15, 0.2) is 6.61 Å². The number of rotatable bonds is 17. The number of benzene rings is 2.